The average Bonchev–Trinajstić information content (AvgIpc) is 3.25. The topological polar surface area (TPSA) is 136 Å². The lowest BCUT2D eigenvalue weighted by molar-refractivity contribution is -0.269. The molecular formula is C23H44N4O5. The van der Waals surface area contributed by atoms with Crippen molar-refractivity contribution >= 4 is 0 Å². The fraction of sp³-hybridized carbons (Fsp3) is 0.913. The number of aryl methyl sites for hydroxylation is 1. The molecule has 0 saturated carbocycles. The summed E-state index contributed by atoms with van der Waals surface area (Å²) >= 11 is 0. The van der Waals surface area contributed by atoms with Crippen LogP contribution in [0.5, 0.6) is 0 Å². The molecule has 0 aromatic carbocycles. The van der Waals surface area contributed by atoms with Crippen molar-refractivity contribution in [1.82, 2.24) is 15.0 Å². The Balaban J connectivity index is 1.53. The summed E-state index contributed by atoms with van der Waals surface area (Å²) in [6.45, 7) is 2.77. The van der Waals surface area contributed by atoms with E-state index in [-0.39, 0.29) is 6.61 Å². The summed E-state index contributed by atoms with van der Waals surface area (Å²) in [6.07, 6.45) is 13.3. The Bertz CT molecular complexity index is 601. The Morgan fingerprint density at radius 3 is 2.16 bits per heavy atom. The summed E-state index contributed by atoms with van der Waals surface area (Å²) in [5.41, 5.74) is 6.51. The fourth-order valence-corrected chi connectivity index (χ4v) is 4.05. The second kappa shape index (κ2) is 15.7. The van der Waals surface area contributed by atoms with Crippen LogP contribution in [0.2, 0.25) is 0 Å². The van der Waals surface area contributed by atoms with Crippen LogP contribution in [0.4, 0.5) is 0 Å². The van der Waals surface area contributed by atoms with Gasteiger partial charge in [-0.2, -0.15) is 0 Å². The molecule has 0 radical (unpaired) electrons. The zero-order valence-electron chi connectivity index (χ0n) is 19.6. The lowest BCUT2D eigenvalue weighted by Crippen LogP contribution is -2.62. The van der Waals surface area contributed by atoms with Gasteiger partial charge in [0.05, 0.1) is 25.5 Å². The van der Waals surface area contributed by atoms with Gasteiger partial charge in [-0.15, -0.1) is 5.10 Å². The number of rotatable bonds is 17. The molecule has 1 aliphatic rings. The molecule has 32 heavy (non-hydrogen) atoms. The molecule has 9 nitrogen and oxygen atoms in total. The number of nitrogens with zero attached hydrogens (tertiary/aromatic N) is 3. The van der Waals surface area contributed by atoms with Gasteiger partial charge >= 0.3 is 0 Å². The Morgan fingerprint density at radius 1 is 0.969 bits per heavy atom. The van der Waals surface area contributed by atoms with Crippen molar-refractivity contribution in [3.05, 3.63) is 11.9 Å². The predicted octanol–water partition coefficient (Wildman–Crippen LogP) is 2.26. The van der Waals surface area contributed by atoms with Crippen molar-refractivity contribution in [1.29, 1.82) is 0 Å². The Hall–Kier alpha value is -1.10. The molecule has 186 valence electrons. The van der Waals surface area contributed by atoms with Crippen LogP contribution < -0.4 is 5.73 Å². The van der Waals surface area contributed by atoms with Crippen LogP contribution in [0.3, 0.4) is 0 Å². The normalized spacial score (nSPS) is 26.0. The minimum absolute atomic E-state index is 0.123. The van der Waals surface area contributed by atoms with Crippen LogP contribution >= 0.6 is 0 Å². The summed E-state index contributed by atoms with van der Waals surface area (Å²) in [4.78, 5) is 0. The van der Waals surface area contributed by atoms with E-state index < -0.39 is 37.3 Å². The first kappa shape index (κ1) is 27.1. The number of unbranched alkanes of at least 4 members (excludes halogenated alkanes) is 11. The minimum atomic E-state index is -1.24. The smallest absolute Gasteiger partial charge is 0.176 e. The maximum absolute atomic E-state index is 9.98. The van der Waals surface area contributed by atoms with Crippen LogP contribution in [-0.4, -0.2) is 67.6 Å². The maximum atomic E-state index is 9.98. The van der Waals surface area contributed by atoms with E-state index in [2.05, 4.69) is 17.2 Å². The molecule has 9 heteroatoms. The summed E-state index contributed by atoms with van der Waals surface area (Å²) in [7, 11) is 0. The van der Waals surface area contributed by atoms with Crippen molar-refractivity contribution in [2.75, 3.05) is 6.61 Å². The molecule has 2 rings (SSSR count). The van der Waals surface area contributed by atoms with Gasteiger partial charge in [0.15, 0.2) is 6.29 Å². The van der Waals surface area contributed by atoms with E-state index in [0.29, 0.717) is 5.69 Å². The molecule has 1 saturated heterocycles. The summed E-state index contributed by atoms with van der Waals surface area (Å²) < 4.78 is 12.9. The molecule has 5 atom stereocenters. The van der Waals surface area contributed by atoms with Crippen molar-refractivity contribution in [3.63, 3.8) is 0 Å². The second-order valence-electron chi connectivity index (χ2n) is 8.96. The minimum Gasteiger partial charge on any atom is -0.394 e. The summed E-state index contributed by atoms with van der Waals surface area (Å²) in [5.74, 6) is 0. The van der Waals surface area contributed by atoms with E-state index in [0.717, 1.165) is 13.0 Å². The Labute approximate surface area is 192 Å². The Morgan fingerprint density at radius 2 is 1.56 bits per heavy atom. The van der Waals surface area contributed by atoms with Gasteiger partial charge in [-0.25, -0.2) is 0 Å². The van der Waals surface area contributed by atoms with Gasteiger partial charge in [0.2, 0.25) is 0 Å². The first-order chi connectivity index (χ1) is 15.6. The largest absolute Gasteiger partial charge is 0.394 e. The third-order valence-electron chi connectivity index (χ3n) is 6.15. The number of aromatic nitrogens is 3. The van der Waals surface area contributed by atoms with Crippen LogP contribution in [-0.2, 0) is 22.6 Å². The lowest BCUT2D eigenvalue weighted by atomic mass is 9.98. The molecule has 1 fully saturated rings. The number of hydrogen-bond donors (Lipinski definition) is 4. The molecule has 0 bridgehead atoms. The number of aliphatic hydroxyl groups is 3. The van der Waals surface area contributed by atoms with Crippen molar-refractivity contribution in [3.8, 4) is 0 Å². The zero-order chi connectivity index (χ0) is 23.2. The number of aliphatic hydroxyl groups excluding tert-OH is 3. The van der Waals surface area contributed by atoms with E-state index in [1.165, 1.54) is 70.6 Å². The first-order valence-electron chi connectivity index (χ1n) is 12.5. The van der Waals surface area contributed by atoms with Gasteiger partial charge in [-0.3, -0.25) is 4.68 Å². The van der Waals surface area contributed by atoms with Gasteiger partial charge in [0.1, 0.15) is 24.0 Å². The molecule has 0 amide bonds. The van der Waals surface area contributed by atoms with Gasteiger partial charge in [-0.05, 0) is 6.42 Å². The highest BCUT2D eigenvalue weighted by molar-refractivity contribution is 4.93. The third-order valence-corrected chi connectivity index (χ3v) is 6.15. The Kier molecular flexibility index (Phi) is 13.3. The molecule has 1 aromatic heterocycles. The van der Waals surface area contributed by atoms with Crippen molar-refractivity contribution in [2.45, 2.75) is 128 Å². The van der Waals surface area contributed by atoms with Crippen LogP contribution in [0, 0.1) is 0 Å². The maximum Gasteiger partial charge on any atom is 0.176 e. The van der Waals surface area contributed by atoms with Crippen molar-refractivity contribution in [2.24, 2.45) is 5.73 Å². The first-order valence-corrected chi connectivity index (χ1v) is 12.5. The van der Waals surface area contributed by atoms with Gasteiger partial charge in [0, 0.05) is 6.54 Å². The van der Waals surface area contributed by atoms with E-state index in [4.69, 9.17) is 15.2 Å². The average molecular weight is 457 g/mol. The SMILES string of the molecule is CCCCCCCCCCCCCCn1cc(CO[C@@H]2O[C@H](CO)[C@@H](O)[C@H](O)[C@H]2N)nn1. The van der Waals surface area contributed by atoms with Gasteiger partial charge in [-0.1, -0.05) is 82.8 Å². The lowest BCUT2D eigenvalue weighted by Gasteiger charge is -2.40. The predicted molar refractivity (Wildman–Crippen MR) is 122 cm³/mol. The molecule has 1 aliphatic heterocycles. The number of nitrogens with two attached hydrogens (primary N) is 1. The van der Waals surface area contributed by atoms with Crippen molar-refractivity contribution < 1.29 is 24.8 Å². The molecular weight excluding hydrogens is 412 g/mol. The van der Waals surface area contributed by atoms with Gasteiger partial charge < -0.3 is 30.5 Å². The summed E-state index contributed by atoms with van der Waals surface area (Å²) in [5, 5.41) is 37.3. The quantitative estimate of drug-likeness (QED) is 0.262. The van der Waals surface area contributed by atoms with Gasteiger partial charge in [0.25, 0.3) is 0 Å². The zero-order valence-corrected chi connectivity index (χ0v) is 19.6. The van der Waals surface area contributed by atoms with E-state index in [9.17, 15) is 15.3 Å². The van der Waals surface area contributed by atoms with Crippen LogP contribution in [0.15, 0.2) is 6.20 Å². The fourth-order valence-electron chi connectivity index (χ4n) is 4.05. The van der Waals surface area contributed by atoms with E-state index in [1.54, 1.807) is 0 Å². The molecule has 1 aromatic rings. The van der Waals surface area contributed by atoms with E-state index >= 15 is 0 Å². The standard InChI is InChI=1S/C23H44N4O5/c1-2-3-4-5-6-7-8-9-10-11-12-13-14-27-15-18(25-26-27)17-31-23-20(24)22(30)21(29)19(16-28)32-23/h15,19-23,28-30H,2-14,16-17,24H2,1H3/t19-,20-,21-,22-,23-/m1/s1. The second-order valence-corrected chi connectivity index (χ2v) is 8.96. The molecule has 2 heterocycles. The van der Waals surface area contributed by atoms with Crippen LogP contribution in [0.1, 0.15) is 89.7 Å². The monoisotopic (exact) mass is 456 g/mol. The molecule has 0 spiro atoms. The summed E-state index contributed by atoms with van der Waals surface area (Å²) in [6, 6.07) is -0.913. The third kappa shape index (κ3) is 9.41. The van der Waals surface area contributed by atoms with Crippen LogP contribution in [0.25, 0.3) is 0 Å². The molecule has 0 aliphatic carbocycles. The molecule has 5 N–H and O–H groups in total. The number of ether oxygens (including phenoxy) is 2. The highest BCUT2D eigenvalue weighted by Gasteiger charge is 2.43. The highest BCUT2D eigenvalue weighted by Crippen LogP contribution is 2.21. The number of hydrogen-bond acceptors (Lipinski definition) is 8. The van der Waals surface area contributed by atoms with E-state index in [1.807, 2.05) is 10.9 Å². The molecule has 0 unspecified atom stereocenters. The highest BCUT2D eigenvalue weighted by atomic mass is 16.7.